The van der Waals surface area contributed by atoms with E-state index in [2.05, 4.69) is 30.9 Å². The Balaban J connectivity index is 2.24. The van der Waals surface area contributed by atoms with Gasteiger partial charge < -0.3 is 60.4 Å². The fraction of sp³-hybridized carbons (Fsp3) is 0.444. The summed E-state index contributed by atoms with van der Waals surface area (Å²) in [5.41, 5.74) is 34.0. The lowest BCUT2D eigenvalue weighted by Gasteiger charge is -2.25. The van der Waals surface area contributed by atoms with Crippen molar-refractivity contribution in [3.05, 3.63) is 36.0 Å². The third-order valence-corrected chi connectivity index (χ3v) is 6.63. The molecule has 0 saturated heterocycles. The highest BCUT2D eigenvalue weighted by Crippen LogP contribution is 2.19. The van der Waals surface area contributed by atoms with Crippen LogP contribution in [0.1, 0.15) is 37.7 Å². The molecule has 0 fully saturated rings. The Kier molecular flexibility index (Phi) is 14.1. The average molecular weight is 631 g/mol. The minimum Gasteiger partial charge on any atom is -0.480 e. The summed E-state index contributed by atoms with van der Waals surface area (Å²) in [6.07, 6.45) is 1.79. The summed E-state index contributed by atoms with van der Waals surface area (Å²) in [5, 5.41) is 17.7. The van der Waals surface area contributed by atoms with Gasteiger partial charge in [0.25, 0.3) is 0 Å². The highest BCUT2D eigenvalue weighted by Gasteiger charge is 2.31. The monoisotopic (exact) mass is 630 g/mol. The van der Waals surface area contributed by atoms with Gasteiger partial charge in [-0.2, -0.15) is 0 Å². The second-order valence-electron chi connectivity index (χ2n) is 10.3. The average Bonchev–Trinajstić information content (AvgIpc) is 3.37. The standard InChI is InChI=1S/C27H42N12O6/c28-16(6-3-9-34-26(30)31)22(41)38-19(11-14-13-36-17-7-2-1-5-15(14)17)23(42)39-20(12-21(29)40)24(43)37-18(25(44)45)8-4-10-35-27(32)33/h1-2,5,7,13,16,18-20,36H,3-4,6,8-12,28H2,(H2,29,40)(H,37,43)(H,38,41)(H,39,42)(H,44,45)(H4,30,31,34)(H4,32,33,35)/t16-,18-,19-,20-/m0/s1. The summed E-state index contributed by atoms with van der Waals surface area (Å²) in [6, 6.07) is 2.11. The highest BCUT2D eigenvalue weighted by molar-refractivity contribution is 5.96. The number of hydrogen-bond acceptors (Lipinski definition) is 8. The number of nitrogens with one attached hydrogen (secondary N) is 4. The maximum atomic E-state index is 13.6. The number of carbonyl (C=O) groups is 5. The Morgan fingerprint density at radius 2 is 1.33 bits per heavy atom. The first-order chi connectivity index (χ1) is 21.3. The molecule has 0 radical (unpaired) electrons. The normalized spacial score (nSPS) is 13.4. The zero-order valence-corrected chi connectivity index (χ0v) is 24.7. The Bertz CT molecular complexity index is 1400. The number of aromatic nitrogens is 1. The molecule has 18 heteroatoms. The molecule has 2 rings (SSSR count). The van der Waals surface area contributed by atoms with Crippen molar-refractivity contribution in [2.75, 3.05) is 13.1 Å². The van der Waals surface area contributed by atoms with Crippen LogP contribution in [0.4, 0.5) is 0 Å². The van der Waals surface area contributed by atoms with Gasteiger partial charge in [0.1, 0.15) is 18.1 Å². The first-order valence-corrected chi connectivity index (χ1v) is 14.1. The molecule has 0 saturated carbocycles. The lowest BCUT2D eigenvalue weighted by molar-refractivity contribution is -0.142. The van der Waals surface area contributed by atoms with Gasteiger partial charge >= 0.3 is 5.97 Å². The van der Waals surface area contributed by atoms with Gasteiger partial charge in [0.2, 0.25) is 23.6 Å². The third-order valence-electron chi connectivity index (χ3n) is 6.63. The Labute approximate surface area is 258 Å². The maximum Gasteiger partial charge on any atom is 0.326 e. The minimum absolute atomic E-state index is 0.0181. The second kappa shape index (κ2) is 17.7. The van der Waals surface area contributed by atoms with E-state index in [1.807, 2.05) is 24.3 Å². The van der Waals surface area contributed by atoms with E-state index in [9.17, 15) is 29.1 Å². The predicted molar refractivity (Wildman–Crippen MR) is 167 cm³/mol. The first-order valence-electron chi connectivity index (χ1n) is 14.1. The van der Waals surface area contributed by atoms with Gasteiger partial charge in [-0.3, -0.25) is 29.2 Å². The summed E-state index contributed by atoms with van der Waals surface area (Å²) >= 11 is 0. The molecule has 4 atom stereocenters. The van der Waals surface area contributed by atoms with Crippen molar-refractivity contribution in [2.45, 2.75) is 62.7 Å². The van der Waals surface area contributed by atoms with Gasteiger partial charge in [-0.1, -0.05) is 18.2 Å². The number of rotatable bonds is 19. The molecule has 0 bridgehead atoms. The molecule has 246 valence electrons. The van der Waals surface area contributed by atoms with E-state index < -0.39 is 60.2 Å². The van der Waals surface area contributed by atoms with E-state index in [-0.39, 0.29) is 50.7 Å². The number of H-pyrrole nitrogens is 1. The van der Waals surface area contributed by atoms with E-state index in [0.717, 1.165) is 10.9 Å². The number of aromatic amines is 1. The number of aliphatic imine (C=N–C) groups is 2. The predicted octanol–water partition coefficient (Wildman–Crippen LogP) is -3.44. The van der Waals surface area contributed by atoms with E-state index >= 15 is 0 Å². The van der Waals surface area contributed by atoms with E-state index in [1.165, 1.54) is 0 Å². The van der Waals surface area contributed by atoms with Crippen LogP contribution in [0.15, 0.2) is 40.4 Å². The summed E-state index contributed by atoms with van der Waals surface area (Å²) in [6.45, 7) is 0.368. The van der Waals surface area contributed by atoms with Crippen molar-refractivity contribution in [3.8, 4) is 0 Å². The Morgan fingerprint density at radius 1 is 0.778 bits per heavy atom. The molecule has 0 aliphatic heterocycles. The molecule has 0 unspecified atom stereocenters. The zero-order valence-electron chi connectivity index (χ0n) is 24.7. The van der Waals surface area contributed by atoms with Gasteiger partial charge in [-0.25, -0.2) is 4.79 Å². The van der Waals surface area contributed by atoms with Gasteiger partial charge in [-0.15, -0.1) is 0 Å². The number of carbonyl (C=O) groups excluding carboxylic acids is 4. The molecule has 4 amide bonds. The SMILES string of the molecule is NC(=O)C[C@H](NC(=O)[C@H](Cc1c[nH]c2ccccc12)NC(=O)[C@@H](N)CCCN=C(N)N)C(=O)N[C@@H](CCCN=C(N)N)C(=O)O. The number of fused-ring (bicyclic) bond motifs is 1. The number of carboxylic acid groups (broad SMARTS) is 1. The number of aliphatic carboxylic acids is 1. The number of amides is 4. The summed E-state index contributed by atoms with van der Waals surface area (Å²) in [5.74, 6) is -5.00. The second-order valence-corrected chi connectivity index (χ2v) is 10.3. The van der Waals surface area contributed by atoms with Crippen LogP contribution in [0.5, 0.6) is 0 Å². The summed E-state index contributed by atoms with van der Waals surface area (Å²) < 4.78 is 0. The quantitative estimate of drug-likeness (QED) is 0.0412. The van der Waals surface area contributed by atoms with Crippen molar-refractivity contribution in [3.63, 3.8) is 0 Å². The van der Waals surface area contributed by atoms with E-state index in [1.54, 1.807) is 6.20 Å². The molecular formula is C27H42N12O6. The highest BCUT2D eigenvalue weighted by atomic mass is 16.4. The molecule has 45 heavy (non-hydrogen) atoms. The number of carboxylic acids is 1. The molecule has 17 N–H and O–H groups in total. The number of nitrogens with two attached hydrogens (primary N) is 6. The van der Waals surface area contributed by atoms with Crippen LogP contribution < -0.4 is 50.4 Å². The van der Waals surface area contributed by atoms with Crippen molar-refractivity contribution in [1.29, 1.82) is 0 Å². The van der Waals surface area contributed by atoms with Crippen LogP contribution in [0.2, 0.25) is 0 Å². The lowest BCUT2D eigenvalue weighted by Crippen LogP contribution is -2.58. The lowest BCUT2D eigenvalue weighted by atomic mass is 10.0. The smallest absolute Gasteiger partial charge is 0.326 e. The molecule has 1 heterocycles. The molecule has 0 aliphatic rings. The summed E-state index contributed by atoms with van der Waals surface area (Å²) in [7, 11) is 0. The van der Waals surface area contributed by atoms with Crippen LogP contribution >= 0.6 is 0 Å². The molecular weight excluding hydrogens is 588 g/mol. The maximum absolute atomic E-state index is 13.6. The number of benzene rings is 1. The molecule has 0 aliphatic carbocycles. The Morgan fingerprint density at radius 3 is 1.93 bits per heavy atom. The molecule has 0 spiro atoms. The van der Waals surface area contributed by atoms with Gasteiger partial charge in [0.05, 0.1) is 12.5 Å². The first kappa shape index (κ1) is 35.8. The number of guanidine groups is 2. The van der Waals surface area contributed by atoms with Crippen molar-refractivity contribution < 1.29 is 29.1 Å². The molecule has 2 aromatic rings. The molecule has 1 aromatic heterocycles. The topological polar surface area (TPSA) is 338 Å². The van der Waals surface area contributed by atoms with Crippen molar-refractivity contribution >= 4 is 52.4 Å². The zero-order chi connectivity index (χ0) is 33.5. The van der Waals surface area contributed by atoms with E-state index in [4.69, 9.17) is 34.4 Å². The van der Waals surface area contributed by atoms with Crippen molar-refractivity contribution in [1.82, 2.24) is 20.9 Å². The molecule has 18 nitrogen and oxygen atoms in total. The minimum atomic E-state index is -1.55. The third kappa shape index (κ3) is 12.4. The number of hydrogen-bond donors (Lipinski definition) is 11. The van der Waals surface area contributed by atoms with Crippen molar-refractivity contribution in [2.24, 2.45) is 44.4 Å². The van der Waals surface area contributed by atoms with Crippen LogP contribution in [-0.4, -0.2) is 88.9 Å². The van der Waals surface area contributed by atoms with Crippen LogP contribution in [0, 0.1) is 0 Å². The Hall–Kier alpha value is -5.39. The largest absolute Gasteiger partial charge is 0.480 e. The number of para-hydroxylation sites is 1. The van der Waals surface area contributed by atoms with Crippen LogP contribution in [-0.2, 0) is 30.4 Å². The molecule has 1 aromatic carbocycles. The fourth-order valence-electron chi connectivity index (χ4n) is 4.37. The fourth-order valence-corrected chi connectivity index (χ4v) is 4.37. The van der Waals surface area contributed by atoms with Gasteiger partial charge in [0.15, 0.2) is 11.9 Å². The van der Waals surface area contributed by atoms with Crippen LogP contribution in [0.3, 0.4) is 0 Å². The number of nitrogens with zero attached hydrogens (tertiary/aromatic N) is 2. The van der Waals surface area contributed by atoms with Gasteiger partial charge in [0, 0.05) is 36.6 Å². The van der Waals surface area contributed by atoms with Gasteiger partial charge in [-0.05, 0) is 37.3 Å². The van der Waals surface area contributed by atoms with E-state index in [0.29, 0.717) is 12.0 Å². The van der Waals surface area contributed by atoms with Crippen LogP contribution in [0.25, 0.3) is 10.9 Å². The number of primary amides is 1. The summed E-state index contributed by atoms with van der Waals surface area (Å²) in [4.78, 5) is 74.0.